The molecule has 0 radical (unpaired) electrons. The molecule has 2 aromatic rings. The van der Waals surface area contributed by atoms with Crippen LogP contribution in [0.25, 0.3) is 0 Å². The molecule has 1 unspecified atom stereocenters. The summed E-state index contributed by atoms with van der Waals surface area (Å²) in [5.41, 5.74) is 0.785. The lowest BCUT2D eigenvalue weighted by atomic mass is 10.2. The van der Waals surface area contributed by atoms with Crippen LogP contribution in [0.3, 0.4) is 0 Å². The van der Waals surface area contributed by atoms with Gasteiger partial charge in [-0.15, -0.1) is 4.91 Å². The zero-order chi connectivity index (χ0) is 10.7. The second-order valence-electron chi connectivity index (χ2n) is 3.04. The number of benzene rings is 1. The maximum absolute atomic E-state index is 10.8. The molecule has 0 amide bonds. The van der Waals surface area contributed by atoms with Crippen LogP contribution in [-0.2, 0) is 0 Å². The van der Waals surface area contributed by atoms with Crippen LogP contribution in [0.2, 0.25) is 5.02 Å². The van der Waals surface area contributed by atoms with E-state index in [1.54, 1.807) is 47.6 Å². The van der Waals surface area contributed by atoms with Gasteiger partial charge in [-0.1, -0.05) is 23.7 Å². The van der Waals surface area contributed by atoms with E-state index in [2.05, 4.69) is 10.2 Å². The predicted molar refractivity (Wildman–Crippen MR) is 57.6 cm³/mol. The molecule has 0 N–H and O–H groups in total. The van der Waals surface area contributed by atoms with E-state index in [4.69, 9.17) is 11.6 Å². The molecule has 1 heterocycles. The van der Waals surface area contributed by atoms with Crippen LogP contribution < -0.4 is 0 Å². The molecule has 1 atom stereocenters. The van der Waals surface area contributed by atoms with Gasteiger partial charge in [0.2, 0.25) is 0 Å². The zero-order valence-corrected chi connectivity index (χ0v) is 8.50. The molecule has 0 saturated carbocycles. The summed E-state index contributed by atoms with van der Waals surface area (Å²) in [7, 11) is 0. The molecule has 4 nitrogen and oxygen atoms in total. The molecule has 0 saturated heterocycles. The third-order valence-corrected chi connectivity index (χ3v) is 2.33. The second kappa shape index (κ2) is 4.23. The Kier molecular flexibility index (Phi) is 2.78. The fourth-order valence-electron chi connectivity index (χ4n) is 1.34. The first-order valence-electron chi connectivity index (χ1n) is 4.36. The summed E-state index contributed by atoms with van der Waals surface area (Å²) >= 11 is 5.76. The van der Waals surface area contributed by atoms with Gasteiger partial charge in [-0.25, -0.2) is 4.98 Å². The van der Waals surface area contributed by atoms with E-state index in [0.29, 0.717) is 5.02 Å². The summed E-state index contributed by atoms with van der Waals surface area (Å²) in [6.45, 7) is 0. The summed E-state index contributed by atoms with van der Waals surface area (Å²) in [4.78, 5) is 14.6. The molecule has 15 heavy (non-hydrogen) atoms. The minimum Gasteiger partial charge on any atom is -0.308 e. The molecule has 0 spiro atoms. The Morgan fingerprint density at radius 1 is 1.33 bits per heavy atom. The van der Waals surface area contributed by atoms with Gasteiger partial charge in [-0.3, -0.25) is 0 Å². The third kappa shape index (κ3) is 2.05. The van der Waals surface area contributed by atoms with Crippen LogP contribution >= 0.6 is 11.6 Å². The molecule has 1 aromatic heterocycles. The minimum atomic E-state index is -0.579. The van der Waals surface area contributed by atoms with Crippen LogP contribution in [0.4, 0.5) is 0 Å². The van der Waals surface area contributed by atoms with Gasteiger partial charge in [0.25, 0.3) is 0 Å². The Morgan fingerprint density at radius 2 is 2.07 bits per heavy atom. The van der Waals surface area contributed by atoms with E-state index in [1.807, 2.05) is 0 Å². The normalized spacial score (nSPS) is 12.3. The van der Waals surface area contributed by atoms with Crippen LogP contribution in [0.15, 0.2) is 48.2 Å². The number of nitroso groups, excluding NO2 is 1. The monoisotopic (exact) mass is 221 g/mol. The van der Waals surface area contributed by atoms with Crippen LogP contribution in [0.1, 0.15) is 11.7 Å². The van der Waals surface area contributed by atoms with Gasteiger partial charge < -0.3 is 4.57 Å². The lowest BCUT2D eigenvalue weighted by Crippen LogP contribution is -2.04. The van der Waals surface area contributed by atoms with E-state index < -0.39 is 6.17 Å². The van der Waals surface area contributed by atoms with Gasteiger partial charge in [0.15, 0.2) is 6.17 Å². The molecule has 2 rings (SSSR count). The SMILES string of the molecule is O=NC(c1ccc(Cl)cc1)n1ccnc1. The molecular formula is C10H8ClN3O. The molecule has 76 valence electrons. The van der Waals surface area contributed by atoms with Crippen LogP contribution in [0.5, 0.6) is 0 Å². The van der Waals surface area contributed by atoms with Gasteiger partial charge in [-0.05, 0) is 17.3 Å². The molecular weight excluding hydrogens is 214 g/mol. The number of halogens is 1. The standard InChI is InChI=1S/C10H8ClN3O/c11-9-3-1-8(2-4-9)10(13-15)14-6-5-12-7-14/h1-7,10H. The molecule has 1 aromatic carbocycles. The van der Waals surface area contributed by atoms with Gasteiger partial charge >= 0.3 is 0 Å². The minimum absolute atomic E-state index is 0.579. The summed E-state index contributed by atoms with van der Waals surface area (Å²) in [6, 6.07) is 7.00. The predicted octanol–water partition coefficient (Wildman–Crippen LogP) is 2.85. The number of nitrogens with zero attached hydrogens (tertiary/aromatic N) is 3. The highest BCUT2D eigenvalue weighted by Gasteiger charge is 2.12. The van der Waals surface area contributed by atoms with Crippen molar-refractivity contribution in [2.24, 2.45) is 5.18 Å². The molecule has 0 aliphatic heterocycles. The van der Waals surface area contributed by atoms with E-state index in [-0.39, 0.29) is 0 Å². The molecule has 0 bridgehead atoms. The van der Waals surface area contributed by atoms with Crippen LogP contribution in [-0.4, -0.2) is 9.55 Å². The Morgan fingerprint density at radius 3 is 2.60 bits per heavy atom. The largest absolute Gasteiger partial charge is 0.308 e. The quantitative estimate of drug-likeness (QED) is 0.749. The Bertz CT molecular complexity index is 438. The van der Waals surface area contributed by atoms with E-state index >= 15 is 0 Å². The van der Waals surface area contributed by atoms with Gasteiger partial charge in [0.1, 0.15) is 0 Å². The number of hydrogen-bond donors (Lipinski definition) is 0. The summed E-state index contributed by atoms with van der Waals surface area (Å²) in [5, 5.41) is 3.69. The average molecular weight is 222 g/mol. The zero-order valence-electron chi connectivity index (χ0n) is 7.75. The van der Waals surface area contributed by atoms with Gasteiger partial charge in [0.05, 0.1) is 6.33 Å². The Hall–Kier alpha value is -1.68. The average Bonchev–Trinajstić information content (AvgIpc) is 2.75. The van der Waals surface area contributed by atoms with E-state index in [0.717, 1.165) is 5.56 Å². The van der Waals surface area contributed by atoms with Crippen molar-refractivity contribution in [3.05, 3.63) is 58.5 Å². The number of hydrogen-bond acceptors (Lipinski definition) is 3. The first kappa shape index (κ1) is 9.86. The lowest BCUT2D eigenvalue weighted by molar-refractivity contribution is 0.607. The summed E-state index contributed by atoms with van der Waals surface area (Å²) in [6.07, 6.45) is 4.28. The highest BCUT2D eigenvalue weighted by Crippen LogP contribution is 2.20. The van der Waals surface area contributed by atoms with Crippen molar-refractivity contribution < 1.29 is 0 Å². The highest BCUT2D eigenvalue weighted by molar-refractivity contribution is 6.30. The molecule has 5 heteroatoms. The molecule has 0 aliphatic rings. The van der Waals surface area contributed by atoms with E-state index in [9.17, 15) is 4.91 Å². The van der Waals surface area contributed by atoms with E-state index in [1.165, 1.54) is 0 Å². The summed E-state index contributed by atoms with van der Waals surface area (Å²) in [5.74, 6) is 0. The first-order chi connectivity index (χ1) is 7.31. The van der Waals surface area contributed by atoms with Crippen molar-refractivity contribution in [2.75, 3.05) is 0 Å². The van der Waals surface area contributed by atoms with Crippen molar-refractivity contribution in [3.63, 3.8) is 0 Å². The van der Waals surface area contributed by atoms with Crippen molar-refractivity contribution in [2.45, 2.75) is 6.17 Å². The van der Waals surface area contributed by atoms with Gasteiger partial charge in [-0.2, -0.15) is 0 Å². The van der Waals surface area contributed by atoms with Gasteiger partial charge in [0, 0.05) is 23.0 Å². The second-order valence-corrected chi connectivity index (χ2v) is 3.48. The van der Waals surface area contributed by atoms with Crippen LogP contribution in [0, 0.1) is 4.91 Å². The first-order valence-corrected chi connectivity index (χ1v) is 4.74. The highest BCUT2D eigenvalue weighted by atomic mass is 35.5. The number of rotatable bonds is 3. The molecule has 0 aliphatic carbocycles. The smallest absolute Gasteiger partial charge is 0.193 e. The molecule has 0 fully saturated rings. The summed E-state index contributed by atoms with van der Waals surface area (Å²) < 4.78 is 1.64. The van der Waals surface area contributed by atoms with Crippen molar-refractivity contribution >= 4 is 11.6 Å². The number of aromatic nitrogens is 2. The maximum Gasteiger partial charge on any atom is 0.193 e. The van der Waals surface area contributed by atoms with Crippen molar-refractivity contribution in [3.8, 4) is 0 Å². The Balaban J connectivity index is 2.35. The topological polar surface area (TPSA) is 47.2 Å². The number of imidazole rings is 1. The fraction of sp³-hybridized carbons (Fsp3) is 0.100. The fourth-order valence-corrected chi connectivity index (χ4v) is 1.46. The van der Waals surface area contributed by atoms with Crippen molar-refractivity contribution in [1.29, 1.82) is 0 Å². The lowest BCUT2D eigenvalue weighted by Gasteiger charge is -2.10. The Labute approximate surface area is 91.5 Å². The maximum atomic E-state index is 10.8. The van der Waals surface area contributed by atoms with Crippen molar-refractivity contribution in [1.82, 2.24) is 9.55 Å². The third-order valence-electron chi connectivity index (χ3n) is 2.08.